The predicted molar refractivity (Wildman–Crippen MR) is 89.8 cm³/mol. The molecule has 0 aliphatic carbocycles. The summed E-state index contributed by atoms with van der Waals surface area (Å²) in [5.41, 5.74) is 7.28. The fourth-order valence-corrected chi connectivity index (χ4v) is 3.47. The molecule has 0 saturated heterocycles. The van der Waals surface area contributed by atoms with E-state index in [0.29, 0.717) is 16.6 Å². The zero-order valence-corrected chi connectivity index (χ0v) is 12.7. The number of nitrogens with zero attached hydrogens (tertiary/aromatic N) is 1. The number of fused-ring (bicyclic) bond motifs is 1. The van der Waals surface area contributed by atoms with Crippen molar-refractivity contribution >= 4 is 50.0 Å². The number of thiazole rings is 1. The monoisotopic (exact) mass is 315 g/mol. The third-order valence-electron chi connectivity index (χ3n) is 2.77. The van der Waals surface area contributed by atoms with Gasteiger partial charge in [-0.25, -0.2) is 4.98 Å². The van der Waals surface area contributed by atoms with Gasteiger partial charge in [0.1, 0.15) is 0 Å². The molecule has 0 saturated carbocycles. The molecule has 106 valence electrons. The Morgan fingerprint density at radius 1 is 1.24 bits per heavy atom. The fraction of sp³-hybridized carbons (Fsp3) is 0.0667. The van der Waals surface area contributed by atoms with Gasteiger partial charge in [0.15, 0.2) is 5.13 Å². The minimum atomic E-state index is -0.0594. The highest BCUT2D eigenvalue weighted by atomic mass is 32.2. The van der Waals surface area contributed by atoms with Crippen LogP contribution in [0.1, 0.15) is 0 Å². The molecule has 0 unspecified atom stereocenters. The fourth-order valence-electron chi connectivity index (χ4n) is 1.82. The van der Waals surface area contributed by atoms with Crippen molar-refractivity contribution in [1.82, 2.24) is 4.98 Å². The molecule has 1 amide bonds. The van der Waals surface area contributed by atoms with Gasteiger partial charge in [0, 0.05) is 10.6 Å². The van der Waals surface area contributed by atoms with Gasteiger partial charge in [-0.2, -0.15) is 0 Å². The van der Waals surface area contributed by atoms with E-state index in [1.54, 1.807) is 6.07 Å². The van der Waals surface area contributed by atoms with Crippen LogP contribution >= 0.6 is 23.1 Å². The molecule has 3 N–H and O–H groups in total. The number of amides is 1. The lowest BCUT2D eigenvalue weighted by Crippen LogP contribution is -2.13. The quantitative estimate of drug-likeness (QED) is 0.570. The van der Waals surface area contributed by atoms with Gasteiger partial charge in [0.05, 0.1) is 16.0 Å². The van der Waals surface area contributed by atoms with Crippen LogP contribution in [-0.2, 0) is 4.79 Å². The molecular weight excluding hydrogens is 302 g/mol. The van der Waals surface area contributed by atoms with Crippen LogP contribution in [0.25, 0.3) is 10.2 Å². The normalized spacial score (nSPS) is 10.7. The number of nitrogens with two attached hydrogens (primary N) is 1. The van der Waals surface area contributed by atoms with E-state index in [1.807, 2.05) is 42.5 Å². The second-order valence-electron chi connectivity index (χ2n) is 4.40. The number of benzene rings is 2. The summed E-state index contributed by atoms with van der Waals surface area (Å²) in [5.74, 6) is 0.304. The molecule has 4 nitrogen and oxygen atoms in total. The summed E-state index contributed by atoms with van der Waals surface area (Å²) >= 11 is 2.93. The Morgan fingerprint density at radius 3 is 2.86 bits per heavy atom. The standard InChI is InChI=1S/C15H13N3OS2/c16-10-6-7-12-13(8-10)21-15(17-12)18-14(19)9-20-11-4-2-1-3-5-11/h1-8H,9,16H2,(H,17,18,19). The average molecular weight is 315 g/mol. The predicted octanol–water partition coefficient (Wildman–Crippen LogP) is 3.61. The molecule has 1 heterocycles. The summed E-state index contributed by atoms with van der Waals surface area (Å²) in [6, 6.07) is 15.4. The lowest BCUT2D eigenvalue weighted by Gasteiger charge is -2.01. The Labute approximate surface area is 130 Å². The molecule has 1 aromatic heterocycles. The van der Waals surface area contributed by atoms with Crippen molar-refractivity contribution in [2.24, 2.45) is 0 Å². The van der Waals surface area contributed by atoms with Crippen LogP contribution in [0.3, 0.4) is 0 Å². The number of carbonyl (C=O) groups excluding carboxylic acids is 1. The van der Waals surface area contributed by atoms with Crippen molar-refractivity contribution in [2.75, 3.05) is 16.8 Å². The number of anilines is 2. The Kier molecular flexibility index (Phi) is 4.08. The number of thioether (sulfide) groups is 1. The summed E-state index contributed by atoms with van der Waals surface area (Å²) in [4.78, 5) is 17.4. The van der Waals surface area contributed by atoms with Gasteiger partial charge < -0.3 is 11.1 Å². The highest BCUT2D eigenvalue weighted by molar-refractivity contribution is 8.00. The largest absolute Gasteiger partial charge is 0.399 e. The SMILES string of the molecule is Nc1ccc2nc(NC(=O)CSc3ccccc3)sc2c1. The Bertz CT molecular complexity index is 771. The van der Waals surface area contributed by atoms with E-state index in [0.717, 1.165) is 15.1 Å². The van der Waals surface area contributed by atoms with Crippen LogP contribution in [0.15, 0.2) is 53.4 Å². The van der Waals surface area contributed by atoms with Crippen LogP contribution in [-0.4, -0.2) is 16.6 Å². The third kappa shape index (κ3) is 3.53. The molecule has 6 heteroatoms. The van der Waals surface area contributed by atoms with Gasteiger partial charge >= 0.3 is 0 Å². The molecular formula is C15H13N3OS2. The number of rotatable bonds is 4. The minimum absolute atomic E-state index is 0.0594. The molecule has 21 heavy (non-hydrogen) atoms. The van der Waals surface area contributed by atoms with Gasteiger partial charge in [-0.15, -0.1) is 11.8 Å². The number of nitrogens with one attached hydrogen (secondary N) is 1. The van der Waals surface area contributed by atoms with E-state index in [1.165, 1.54) is 23.1 Å². The molecule has 0 aliphatic heterocycles. The smallest absolute Gasteiger partial charge is 0.236 e. The molecule has 0 fully saturated rings. The lowest BCUT2D eigenvalue weighted by atomic mass is 10.3. The number of aromatic nitrogens is 1. The Morgan fingerprint density at radius 2 is 2.05 bits per heavy atom. The van der Waals surface area contributed by atoms with Crippen molar-refractivity contribution in [1.29, 1.82) is 0 Å². The summed E-state index contributed by atoms with van der Waals surface area (Å²) in [5, 5.41) is 3.43. The van der Waals surface area contributed by atoms with Crippen LogP contribution in [0.2, 0.25) is 0 Å². The van der Waals surface area contributed by atoms with E-state index in [-0.39, 0.29) is 5.91 Å². The van der Waals surface area contributed by atoms with E-state index in [9.17, 15) is 4.79 Å². The van der Waals surface area contributed by atoms with Crippen molar-refractivity contribution in [3.8, 4) is 0 Å². The summed E-state index contributed by atoms with van der Waals surface area (Å²) in [6.07, 6.45) is 0. The number of hydrogen-bond donors (Lipinski definition) is 2. The van der Waals surface area contributed by atoms with E-state index >= 15 is 0 Å². The van der Waals surface area contributed by atoms with Crippen LogP contribution in [0.4, 0.5) is 10.8 Å². The van der Waals surface area contributed by atoms with Crippen molar-refractivity contribution in [3.05, 3.63) is 48.5 Å². The van der Waals surface area contributed by atoms with Gasteiger partial charge in [0.2, 0.25) is 5.91 Å². The molecule has 0 aliphatic rings. The van der Waals surface area contributed by atoms with Crippen LogP contribution in [0.5, 0.6) is 0 Å². The van der Waals surface area contributed by atoms with Gasteiger partial charge in [-0.3, -0.25) is 4.79 Å². The molecule has 0 bridgehead atoms. The minimum Gasteiger partial charge on any atom is -0.399 e. The summed E-state index contributed by atoms with van der Waals surface area (Å²) in [7, 11) is 0. The molecule has 0 spiro atoms. The Hall–Kier alpha value is -2.05. The van der Waals surface area contributed by atoms with Crippen LogP contribution < -0.4 is 11.1 Å². The van der Waals surface area contributed by atoms with Gasteiger partial charge in [-0.05, 0) is 30.3 Å². The third-order valence-corrected chi connectivity index (χ3v) is 4.72. The highest BCUT2D eigenvalue weighted by Gasteiger charge is 2.08. The van der Waals surface area contributed by atoms with Crippen molar-refractivity contribution in [2.45, 2.75) is 4.90 Å². The molecule has 0 atom stereocenters. The maximum absolute atomic E-state index is 11.9. The van der Waals surface area contributed by atoms with Crippen LogP contribution in [0, 0.1) is 0 Å². The van der Waals surface area contributed by atoms with E-state index < -0.39 is 0 Å². The molecule has 2 aromatic carbocycles. The maximum Gasteiger partial charge on any atom is 0.236 e. The van der Waals surface area contributed by atoms with E-state index in [4.69, 9.17) is 5.73 Å². The maximum atomic E-state index is 11.9. The van der Waals surface area contributed by atoms with E-state index in [2.05, 4.69) is 10.3 Å². The molecule has 0 radical (unpaired) electrons. The van der Waals surface area contributed by atoms with Crippen molar-refractivity contribution < 1.29 is 4.79 Å². The molecule has 3 aromatic rings. The first-order chi connectivity index (χ1) is 10.2. The average Bonchev–Trinajstić information content (AvgIpc) is 2.87. The second kappa shape index (κ2) is 6.15. The number of carbonyl (C=O) groups is 1. The topological polar surface area (TPSA) is 68.0 Å². The second-order valence-corrected chi connectivity index (χ2v) is 6.48. The summed E-state index contributed by atoms with van der Waals surface area (Å²) in [6.45, 7) is 0. The van der Waals surface area contributed by atoms with Gasteiger partial charge in [0.25, 0.3) is 0 Å². The highest BCUT2D eigenvalue weighted by Crippen LogP contribution is 2.27. The number of nitrogen functional groups attached to an aromatic ring is 1. The number of hydrogen-bond acceptors (Lipinski definition) is 5. The zero-order valence-electron chi connectivity index (χ0n) is 11.1. The molecule has 3 rings (SSSR count). The summed E-state index contributed by atoms with van der Waals surface area (Å²) < 4.78 is 0.973. The first kappa shape index (κ1) is 13.9. The first-order valence-electron chi connectivity index (χ1n) is 6.34. The van der Waals surface area contributed by atoms with Gasteiger partial charge in [-0.1, -0.05) is 29.5 Å². The Balaban J connectivity index is 1.63. The van der Waals surface area contributed by atoms with Crippen molar-refractivity contribution in [3.63, 3.8) is 0 Å². The zero-order chi connectivity index (χ0) is 14.7. The first-order valence-corrected chi connectivity index (χ1v) is 8.15. The lowest BCUT2D eigenvalue weighted by molar-refractivity contribution is -0.113.